The highest BCUT2D eigenvalue weighted by molar-refractivity contribution is 7.12. The van der Waals surface area contributed by atoms with Crippen LogP contribution in [0.15, 0.2) is 42.6 Å². The molecule has 86 valence electrons. The van der Waals surface area contributed by atoms with E-state index < -0.39 is 6.10 Å². The lowest BCUT2D eigenvalue weighted by Gasteiger charge is -2.08. The van der Waals surface area contributed by atoms with E-state index in [-0.39, 0.29) is 0 Å². The molecule has 0 aliphatic rings. The number of aryl methyl sites for hydroxylation is 1. The third kappa shape index (κ3) is 1.88. The highest BCUT2D eigenvalue weighted by Crippen LogP contribution is 2.29. The molecule has 0 aliphatic carbocycles. The van der Waals surface area contributed by atoms with Crippen molar-refractivity contribution in [2.45, 2.75) is 13.0 Å². The van der Waals surface area contributed by atoms with E-state index in [1.807, 2.05) is 42.6 Å². The second-order valence-electron chi connectivity index (χ2n) is 4.18. The zero-order valence-electron chi connectivity index (χ0n) is 9.47. The highest BCUT2D eigenvalue weighted by Gasteiger charge is 2.12. The Morgan fingerprint density at radius 1 is 1.18 bits per heavy atom. The number of aromatic nitrogens is 1. The Morgan fingerprint density at radius 3 is 2.82 bits per heavy atom. The van der Waals surface area contributed by atoms with Crippen LogP contribution in [0.1, 0.15) is 21.4 Å². The molecule has 0 spiro atoms. The van der Waals surface area contributed by atoms with E-state index in [0.717, 1.165) is 21.3 Å². The van der Waals surface area contributed by atoms with E-state index in [1.54, 1.807) is 11.3 Å². The third-order valence-electron chi connectivity index (χ3n) is 2.92. The molecule has 0 radical (unpaired) electrons. The molecular formula is C14H13NOS. The molecule has 2 nitrogen and oxygen atoms in total. The SMILES string of the molecule is Cc1ccc(C(O)c2ccc3[nH]ccc3c2)s1. The van der Waals surface area contributed by atoms with Gasteiger partial charge in [0.25, 0.3) is 0 Å². The maximum Gasteiger partial charge on any atom is 0.113 e. The largest absolute Gasteiger partial charge is 0.383 e. The van der Waals surface area contributed by atoms with Gasteiger partial charge in [0.15, 0.2) is 0 Å². The Kier molecular flexibility index (Phi) is 2.50. The Bertz CT molecular complexity index is 653. The molecule has 3 heteroatoms. The predicted octanol–water partition coefficient (Wildman–Crippen LogP) is 3.62. The van der Waals surface area contributed by atoms with Gasteiger partial charge in [-0.05, 0) is 48.2 Å². The van der Waals surface area contributed by atoms with Crippen LogP contribution in [0, 0.1) is 6.92 Å². The van der Waals surface area contributed by atoms with Crippen molar-refractivity contribution >= 4 is 22.2 Å². The zero-order valence-corrected chi connectivity index (χ0v) is 10.3. The fraction of sp³-hybridized carbons (Fsp3) is 0.143. The summed E-state index contributed by atoms with van der Waals surface area (Å²) in [6, 6.07) is 12.1. The Hall–Kier alpha value is -1.58. The first-order valence-corrected chi connectivity index (χ1v) is 6.37. The van der Waals surface area contributed by atoms with Crippen molar-refractivity contribution < 1.29 is 5.11 Å². The minimum atomic E-state index is -0.520. The predicted molar refractivity (Wildman–Crippen MR) is 71.4 cm³/mol. The molecule has 3 rings (SSSR count). The van der Waals surface area contributed by atoms with Gasteiger partial charge in [-0.3, -0.25) is 0 Å². The average molecular weight is 243 g/mol. The molecule has 2 aromatic heterocycles. The van der Waals surface area contributed by atoms with Crippen molar-refractivity contribution in [1.82, 2.24) is 4.98 Å². The summed E-state index contributed by atoms with van der Waals surface area (Å²) in [5, 5.41) is 11.4. The lowest BCUT2D eigenvalue weighted by Crippen LogP contribution is -1.96. The molecule has 0 fully saturated rings. The topological polar surface area (TPSA) is 36.0 Å². The fourth-order valence-electron chi connectivity index (χ4n) is 2.01. The third-order valence-corrected chi connectivity index (χ3v) is 3.98. The average Bonchev–Trinajstić information content (AvgIpc) is 2.95. The van der Waals surface area contributed by atoms with Crippen molar-refractivity contribution in [3.05, 3.63) is 57.9 Å². The van der Waals surface area contributed by atoms with E-state index in [9.17, 15) is 5.11 Å². The van der Waals surface area contributed by atoms with Crippen molar-refractivity contribution in [1.29, 1.82) is 0 Å². The molecule has 0 amide bonds. The molecule has 2 N–H and O–H groups in total. The molecule has 1 atom stereocenters. The second-order valence-corrected chi connectivity index (χ2v) is 5.49. The van der Waals surface area contributed by atoms with Gasteiger partial charge in [0.2, 0.25) is 0 Å². The van der Waals surface area contributed by atoms with Crippen molar-refractivity contribution in [3.8, 4) is 0 Å². The lowest BCUT2D eigenvalue weighted by atomic mass is 10.1. The molecule has 0 saturated heterocycles. The number of fused-ring (bicyclic) bond motifs is 1. The van der Waals surface area contributed by atoms with E-state index in [4.69, 9.17) is 0 Å². The first-order valence-electron chi connectivity index (χ1n) is 5.55. The normalized spacial score (nSPS) is 13.1. The van der Waals surface area contributed by atoms with Crippen molar-refractivity contribution in [2.24, 2.45) is 0 Å². The van der Waals surface area contributed by atoms with Crippen molar-refractivity contribution in [3.63, 3.8) is 0 Å². The number of rotatable bonds is 2. The lowest BCUT2D eigenvalue weighted by molar-refractivity contribution is 0.224. The summed E-state index contributed by atoms with van der Waals surface area (Å²) < 4.78 is 0. The zero-order chi connectivity index (χ0) is 11.8. The van der Waals surface area contributed by atoms with E-state index >= 15 is 0 Å². The number of hydrogen-bond donors (Lipinski definition) is 2. The first kappa shape index (κ1) is 10.6. The molecule has 0 saturated carbocycles. The van der Waals surface area contributed by atoms with Crippen LogP contribution in [0.3, 0.4) is 0 Å². The summed E-state index contributed by atoms with van der Waals surface area (Å²) >= 11 is 1.64. The maximum absolute atomic E-state index is 10.3. The molecule has 0 aliphatic heterocycles. The molecule has 0 bridgehead atoms. The smallest absolute Gasteiger partial charge is 0.113 e. The Labute approximate surface area is 104 Å². The highest BCUT2D eigenvalue weighted by atomic mass is 32.1. The summed E-state index contributed by atoms with van der Waals surface area (Å²) in [6.07, 6.45) is 1.39. The number of aliphatic hydroxyl groups is 1. The summed E-state index contributed by atoms with van der Waals surface area (Å²) in [4.78, 5) is 5.37. The molecule has 1 unspecified atom stereocenters. The minimum absolute atomic E-state index is 0.520. The van der Waals surface area contributed by atoms with Gasteiger partial charge in [-0.25, -0.2) is 0 Å². The summed E-state index contributed by atoms with van der Waals surface area (Å²) in [5.74, 6) is 0. The first-order chi connectivity index (χ1) is 8.24. The van der Waals surface area contributed by atoms with Crippen LogP contribution in [-0.2, 0) is 0 Å². The van der Waals surface area contributed by atoms with Crippen LogP contribution in [0.4, 0.5) is 0 Å². The number of hydrogen-bond acceptors (Lipinski definition) is 2. The summed E-state index contributed by atoms with van der Waals surface area (Å²) in [7, 11) is 0. The number of aromatic amines is 1. The summed E-state index contributed by atoms with van der Waals surface area (Å²) in [5.41, 5.74) is 2.04. The van der Waals surface area contributed by atoms with E-state index in [2.05, 4.69) is 11.9 Å². The van der Waals surface area contributed by atoms with Gasteiger partial charge in [0.1, 0.15) is 6.10 Å². The second kappa shape index (κ2) is 4.02. The fourth-order valence-corrected chi connectivity index (χ4v) is 2.90. The van der Waals surface area contributed by atoms with Gasteiger partial charge in [-0.1, -0.05) is 6.07 Å². The van der Waals surface area contributed by atoms with Gasteiger partial charge < -0.3 is 10.1 Å². The Balaban J connectivity index is 2.02. The number of aliphatic hydroxyl groups excluding tert-OH is 1. The minimum Gasteiger partial charge on any atom is -0.383 e. The van der Waals surface area contributed by atoms with Crippen molar-refractivity contribution in [2.75, 3.05) is 0 Å². The maximum atomic E-state index is 10.3. The molecular weight excluding hydrogens is 230 g/mol. The number of thiophene rings is 1. The van der Waals surface area contributed by atoms with Gasteiger partial charge in [-0.2, -0.15) is 0 Å². The quantitative estimate of drug-likeness (QED) is 0.708. The standard InChI is InChI=1S/C14H13NOS/c1-9-2-5-13(17-9)14(16)11-3-4-12-10(8-11)6-7-15-12/h2-8,14-16H,1H3. The number of nitrogens with one attached hydrogen (secondary N) is 1. The van der Waals surface area contributed by atoms with Gasteiger partial charge in [0, 0.05) is 21.5 Å². The molecule has 1 aromatic carbocycles. The Morgan fingerprint density at radius 2 is 2.06 bits per heavy atom. The van der Waals surface area contributed by atoms with Crippen LogP contribution in [0.2, 0.25) is 0 Å². The molecule has 17 heavy (non-hydrogen) atoms. The van der Waals surface area contributed by atoms with Gasteiger partial charge >= 0.3 is 0 Å². The van der Waals surface area contributed by atoms with E-state index in [1.165, 1.54) is 4.88 Å². The van der Waals surface area contributed by atoms with Crippen LogP contribution in [0.5, 0.6) is 0 Å². The van der Waals surface area contributed by atoms with Crippen LogP contribution in [-0.4, -0.2) is 10.1 Å². The van der Waals surface area contributed by atoms with Crippen LogP contribution < -0.4 is 0 Å². The number of benzene rings is 1. The van der Waals surface area contributed by atoms with Gasteiger partial charge in [-0.15, -0.1) is 11.3 Å². The van der Waals surface area contributed by atoms with E-state index in [0.29, 0.717) is 0 Å². The summed E-state index contributed by atoms with van der Waals surface area (Å²) in [6.45, 7) is 2.05. The van der Waals surface area contributed by atoms with Crippen LogP contribution >= 0.6 is 11.3 Å². The monoisotopic (exact) mass is 243 g/mol. The molecule has 2 heterocycles. The number of H-pyrrole nitrogens is 1. The molecule has 3 aromatic rings. The van der Waals surface area contributed by atoms with Gasteiger partial charge in [0.05, 0.1) is 0 Å². The van der Waals surface area contributed by atoms with Crippen LogP contribution in [0.25, 0.3) is 10.9 Å².